The number of esters is 1. The van der Waals surface area contributed by atoms with Crippen LogP contribution in [0.2, 0.25) is 0 Å². The van der Waals surface area contributed by atoms with Crippen molar-refractivity contribution in [3.05, 3.63) is 35.9 Å². The van der Waals surface area contributed by atoms with Crippen molar-refractivity contribution in [2.24, 2.45) is 5.41 Å². The number of hydrogen-bond acceptors (Lipinski definition) is 6. The van der Waals surface area contributed by atoms with Gasteiger partial charge < -0.3 is 14.2 Å². The zero-order valence-corrected chi connectivity index (χ0v) is 20.0. The number of hydroxylamine groups is 2. The Morgan fingerprint density at radius 2 is 1.65 bits per heavy atom. The number of hydrogen-bond donors (Lipinski definition) is 0. The van der Waals surface area contributed by atoms with Gasteiger partial charge in [-0.05, 0) is 45.6 Å². The zero-order valence-electron chi connectivity index (χ0n) is 20.0. The summed E-state index contributed by atoms with van der Waals surface area (Å²) >= 11 is 0. The topological polar surface area (TPSA) is 57.2 Å². The fraction of sp³-hybridized carbons (Fsp3) is 0.720. The van der Waals surface area contributed by atoms with Gasteiger partial charge in [0.15, 0.2) is 5.79 Å². The molecule has 2 fully saturated rings. The SMILES string of the molecule is CCC1(CC)CC2(CC(C)(C)N1OCCc1ccccc1)OCC(C)(C(=O)OC)CO2. The smallest absolute Gasteiger partial charge is 0.316 e. The van der Waals surface area contributed by atoms with Crippen LogP contribution in [0.15, 0.2) is 30.3 Å². The molecule has 174 valence electrons. The Kier molecular flexibility index (Phi) is 7.16. The largest absolute Gasteiger partial charge is 0.468 e. The summed E-state index contributed by atoms with van der Waals surface area (Å²) < 4.78 is 17.7. The number of benzene rings is 1. The molecule has 2 aliphatic rings. The van der Waals surface area contributed by atoms with Crippen LogP contribution in [0.5, 0.6) is 0 Å². The normalized spacial score (nSPS) is 30.3. The highest BCUT2D eigenvalue weighted by molar-refractivity contribution is 5.76. The average Bonchev–Trinajstić information content (AvgIpc) is 2.77. The Morgan fingerprint density at radius 1 is 1.03 bits per heavy atom. The van der Waals surface area contributed by atoms with Gasteiger partial charge in [-0.25, -0.2) is 0 Å². The lowest BCUT2D eigenvalue weighted by Crippen LogP contribution is -2.70. The highest BCUT2D eigenvalue weighted by atomic mass is 16.7. The van der Waals surface area contributed by atoms with Crippen molar-refractivity contribution in [2.75, 3.05) is 26.9 Å². The molecule has 1 spiro atoms. The van der Waals surface area contributed by atoms with Crippen LogP contribution in [0, 0.1) is 5.41 Å². The monoisotopic (exact) mass is 433 g/mol. The molecule has 0 unspecified atom stereocenters. The summed E-state index contributed by atoms with van der Waals surface area (Å²) in [6.45, 7) is 11.9. The van der Waals surface area contributed by atoms with Crippen molar-refractivity contribution in [1.82, 2.24) is 5.06 Å². The van der Waals surface area contributed by atoms with E-state index in [0.717, 1.165) is 19.3 Å². The first-order valence-electron chi connectivity index (χ1n) is 11.5. The Balaban J connectivity index is 1.76. The van der Waals surface area contributed by atoms with Gasteiger partial charge in [-0.1, -0.05) is 44.2 Å². The third-order valence-electron chi connectivity index (χ3n) is 7.04. The van der Waals surface area contributed by atoms with Crippen molar-refractivity contribution in [3.63, 3.8) is 0 Å². The van der Waals surface area contributed by atoms with E-state index in [1.807, 2.05) is 13.0 Å². The number of carbonyl (C=O) groups is 1. The fourth-order valence-corrected chi connectivity index (χ4v) is 5.24. The first-order valence-corrected chi connectivity index (χ1v) is 11.5. The standard InChI is InChI=1S/C25H39NO5/c1-7-24(8-2)17-25(29-18-23(5,19-30-25)21(27)28-6)16-22(3,4)26(24)31-15-14-20-12-10-9-11-13-20/h9-13H,7-8,14-19H2,1-6H3. The molecule has 2 saturated heterocycles. The van der Waals surface area contributed by atoms with Crippen LogP contribution >= 0.6 is 0 Å². The Labute approximate surface area is 187 Å². The van der Waals surface area contributed by atoms with E-state index in [1.54, 1.807) is 0 Å². The van der Waals surface area contributed by atoms with E-state index in [1.165, 1.54) is 12.7 Å². The molecular weight excluding hydrogens is 394 g/mol. The third kappa shape index (κ3) is 4.82. The summed E-state index contributed by atoms with van der Waals surface area (Å²) in [4.78, 5) is 18.7. The molecule has 0 aliphatic carbocycles. The maximum absolute atomic E-state index is 12.2. The van der Waals surface area contributed by atoms with Crippen LogP contribution < -0.4 is 0 Å². The molecule has 0 amide bonds. The van der Waals surface area contributed by atoms with E-state index in [4.69, 9.17) is 19.0 Å². The summed E-state index contributed by atoms with van der Waals surface area (Å²) in [5, 5.41) is 2.22. The number of carbonyl (C=O) groups excluding carboxylic acids is 1. The van der Waals surface area contributed by atoms with Crippen LogP contribution in [0.25, 0.3) is 0 Å². The first kappa shape index (κ1) is 24.2. The Hall–Kier alpha value is -1.47. The molecule has 31 heavy (non-hydrogen) atoms. The van der Waals surface area contributed by atoms with E-state index < -0.39 is 11.2 Å². The Morgan fingerprint density at radius 3 is 2.19 bits per heavy atom. The number of rotatable bonds is 7. The quantitative estimate of drug-likeness (QED) is 0.590. The second-order valence-electron chi connectivity index (χ2n) is 10.0. The number of nitrogens with zero attached hydrogens (tertiary/aromatic N) is 1. The van der Waals surface area contributed by atoms with E-state index in [9.17, 15) is 4.79 Å². The molecule has 0 atom stereocenters. The lowest BCUT2D eigenvalue weighted by molar-refractivity contribution is -0.384. The maximum Gasteiger partial charge on any atom is 0.316 e. The van der Waals surface area contributed by atoms with Crippen molar-refractivity contribution in [2.45, 2.75) is 83.6 Å². The maximum atomic E-state index is 12.2. The van der Waals surface area contributed by atoms with Gasteiger partial charge in [0.05, 0.1) is 32.5 Å². The van der Waals surface area contributed by atoms with E-state index in [2.05, 4.69) is 57.0 Å². The first-order chi connectivity index (χ1) is 14.6. The van der Waals surface area contributed by atoms with Gasteiger partial charge in [0.25, 0.3) is 0 Å². The van der Waals surface area contributed by atoms with Gasteiger partial charge in [-0.2, -0.15) is 5.06 Å². The van der Waals surface area contributed by atoms with Crippen molar-refractivity contribution in [3.8, 4) is 0 Å². The second kappa shape index (κ2) is 9.18. The highest BCUT2D eigenvalue weighted by Crippen LogP contribution is 2.51. The molecular formula is C25H39NO5. The van der Waals surface area contributed by atoms with Gasteiger partial charge in [0.2, 0.25) is 0 Å². The van der Waals surface area contributed by atoms with Crippen LogP contribution in [0.4, 0.5) is 0 Å². The second-order valence-corrected chi connectivity index (χ2v) is 10.0. The van der Waals surface area contributed by atoms with Gasteiger partial charge >= 0.3 is 5.97 Å². The molecule has 2 aliphatic heterocycles. The summed E-state index contributed by atoms with van der Waals surface area (Å²) in [7, 11) is 1.41. The van der Waals surface area contributed by atoms with Crippen molar-refractivity contribution < 1.29 is 23.8 Å². The van der Waals surface area contributed by atoms with Crippen LogP contribution in [0.3, 0.4) is 0 Å². The predicted molar refractivity (Wildman–Crippen MR) is 119 cm³/mol. The van der Waals surface area contributed by atoms with Crippen molar-refractivity contribution >= 4 is 5.97 Å². The van der Waals surface area contributed by atoms with Gasteiger partial charge in [-0.15, -0.1) is 0 Å². The minimum absolute atomic E-state index is 0.211. The van der Waals surface area contributed by atoms with Gasteiger partial charge in [0.1, 0.15) is 5.41 Å². The molecule has 6 heteroatoms. The summed E-state index contributed by atoms with van der Waals surface area (Å²) in [6, 6.07) is 10.4. The minimum Gasteiger partial charge on any atom is -0.468 e. The zero-order chi connectivity index (χ0) is 22.8. The summed E-state index contributed by atoms with van der Waals surface area (Å²) in [6.07, 6.45) is 4.08. The predicted octanol–water partition coefficient (Wildman–Crippen LogP) is 4.52. The number of ether oxygens (including phenoxy) is 3. The van der Waals surface area contributed by atoms with E-state index in [-0.39, 0.29) is 17.0 Å². The molecule has 0 N–H and O–H groups in total. The van der Waals surface area contributed by atoms with E-state index >= 15 is 0 Å². The van der Waals surface area contributed by atoms with Crippen LogP contribution in [-0.2, 0) is 30.3 Å². The highest BCUT2D eigenvalue weighted by Gasteiger charge is 2.60. The molecule has 0 saturated carbocycles. The molecule has 1 aromatic carbocycles. The van der Waals surface area contributed by atoms with Crippen molar-refractivity contribution in [1.29, 1.82) is 0 Å². The molecule has 0 aromatic heterocycles. The van der Waals surface area contributed by atoms with Gasteiger partial charge in [0, 0.05) is 18.4 Å². The van der Waals surface area contributed by atoms with Crippen LogP contribution in [0.1, 0.15) is 65.9 Å². The third-order valence-corrected chi connectivity index (χ3v) is 7.04. The number of piperidine rings is 1. The van der Waals surface area contributed by atoms with Gasteiger partial charge in [-0.3, -0.25) is 9.63 Å². The molecule has 2 heterocycles. The lowest BCUT2D eigenvalue weighted by atomic mass is 9.72. The molecule has 0 radical (unpaired) electrons. The number of methoxy groups -OCH3 is 1. The molecule has 0 bridgehead atoms. The fourth-order valence-electron chi connectivity index (χ4n) is 5.24. The average molecular weight is 434 g/mol. The molecule has 3 rings (SSSR count). The molecule has 1 aromatic rings. The molecule has 6 nitrogen and oxygen atoms in total. The summed E-state index contributed by atoms with van der Waals surface area (Å²) in [5.41, 5.74) is -0.000175. The Bertz CT molecular complexity index is 736. The summed E-state index contributed by atoms with van der Waals surface area (Å²) in [5.74, 6) is -1.01. The van der Waals surface area contributed by atoms with E-state index in [0.29, 0.717) is 32.7 Å². The van der Waals surface area contributed by atoms with Crippen LogP contribution in [-0.4, -0.2) is 54.8 Å². The lowest BCUT2D eigenvalue weighted by Gasteiger charge is -2.61. The minimum atomic E-state index is -0.769.